The molecule has 1 aromatic heterocycles. The van der Waals surface area contributed by atoms with Crippen LogP contribution < -0.4 is 5.32 Å². The zero-order valence-electron chi connectivity index (χ0n) is 12.6. The third kappa shape index (κ3) is 2.14. The Balaban J connectivity index is 1.65. The van der Waals surface area contributed by atoms with Crippen LogP contribution in [0.5, 0.6) is 0 Å². The Bertz CT molecular complexity index is 560. The molecule has 1 spiro atoms. The zero-order chi connectivity index (χ0) is 14.6. The van der Waals surface area contributed by atoms with E-state index in [-0.39, 0.29) is 29.8 Å². The number of nitrogens with zero attached hydrogens (tertiary/aromatic N) is 1. The van der Waals surface area contributed by atoms with Crippen molar-refractivity contribution in [1.82, 2.24) is 10.2 Å². The maximum Gasteiger partial charge on any atom is 0.244 e. The molecule has 5 heteroatoms. The van der Waals surface area contributed by atoms with Crippen molar-refractivity contribution in [3.05, 3.63) is 21.9 Å². The normalized spacial score (nSPS) is 32.1. The van der Waals surface area contributed by atoms with Crippen LogP contribution in [0, 0.1) is 6.92 Å². The van der Waals surface area contributed by atoms with E-state index >= 15 is 0 Å². The van der Waals surface area contributed by atoms with E-state index in [2.05, 4.69) is 36.2 Å². The first kappa shape index (κ1) is 13.7. The molecule has 1 saturated carbocycles. The van der Waals surface area contributed by atoms with Crippen molar-refractivity contribution in [2.24, 2.45) is 0 Å². The number of nitrogens with one attached hydrogen (secondary N) is 1. The summed E-state index contributed by atoms with van der Waals surface area (Å²) in [4.78, 5) is 17.5. The molecule has 1 amide bonds. The highest BCUT2D eigenvalue weighted by atomic mass is 32.1. The molecule has 0 radical (unpaired) electrons. The van der Waals surface area contributed by atoms with Gasteiger partial charge in [0.1, 0.15) is 11.7 Å². The number of carbonyl (C=O) groups excluding carboxylic acids is 1. The summed E-state index contributed by atoms with van der Waals surface area (Å²) in [6.45, 7) is 5.09. The Morgan fingerprint density at radius 1 is 1.48 bits per heavy atom. The molecular weight excluding hydrogens is 284 g/mol. The van der Waals surface area contributed by atoms with Gasteiger partial charge in [-0.1, -0.05) is 0 Å². The van der Waals surface area contributed by atoms with Crippen LogP contribution in [0.2, 0.25) is 0 Å². The number of carbonyl (C=O) groups is 1. The summed E-state index contributed by atoms with van der Waals surface area (Å²) in [5.41, 5.74) is -0.268. The summed E-state index contributed by atoms with van der Waals surface area (Å²) < 4.78 is 5.84. The summed E-state index contributed by atoms with van der Waals surface area (Å²) in [7, 11) is 0. The van der Waals surface area contributed by atoms with Gasteiger partial charge in [-0.05, 0) is 51.7 Å². The molecule has 1 aliphatic carbocycles. The van der Waals surface area contributed by atoms with Crippen molar-refractivity contribution in [3.63, 3.8) is 0 Å². The topological polar surface area (TPSA) is 41.6 Å². The number of amides is 1. The first-order valence-corrected chi connectivity index (χ1v) is 8.71. The number of rotatable bonds is 3. The van der Waals surface area contributed by atoms with Gasteiger partial charge in [-0.3, -0.25) is 10.1 Å². The minimum Gasteiger partial charge on any atom is -0.376 e. The smallest absolute Gasteiger partial charge is 0.244 e. The van der Waals surface area contributed by atoms with E-state index in [0.29, 0.717) is 0 Å². The van der Waals surface area contributed by atoms with Gasteiger partial charge in [-0.15, -0.1) is 11.3 Å². The van der Waals surface area contributed by atoms with E-state index in [1.54, 1.807) is 11.3 Å². The third-order valence-corrected chi connectivity index (χ3v) is 6.11. The van der Waals surface area contributed by atoms with Crippen LogP contribution in [0.15, 0.2) is 12.1 Å². The van der Waals surface area contributed by atoms with Gasteiger partial charge in [-0.2, -0.15) is 0 Å². The van der Waals surface area contributed by atoms with Crippen LogP contribution in [0.1, 0.15) is 48.5 Å². The molecule has 4 rings (SSSR count). The summed E-state index contributed by atoms with van der Waals surface area (Å²) >= 11 is 1.78. The van der Waals surface area contributed by atoms with Crippen molar-refractivity contribution in [3.8, 4) is 0 Å². The summed E-state index contributed by atoms with van der Waals surface area (Å²) in [6.07, 6.45) is 4.33. The number of ether oxygens (including phenoxy) is 1. The fourth-order valence-corrected chi connectivity index (χ4v) is 4.56. The van der Waals surface area contributed by atoms with Gasteiger partial charge < -0.3 is 9.64 Å². The average molecular weight is 306 g/mol. The van der Waals surface area contributed by atoms with E-state index < -0.39 is 0 Å². The van der Waals surface area contributed by atoms with Crippen LogP contribution in [-0.4, -0.2) is 35.1 Å². The molecule has 3 aliphatic rings. The second-order valence-corrected chi connectivity index (χ2v) is 7.90. The van der Waals surface area contributed by atoms with E-state index in [1.807, 2.05) is 0 Å². The summed E-state index contributed by atoms with van der Waals surface area (Å²) in [6, 6.07) is 4.43. The highest BCUT2D eigenvalue weighted by Crippen LogP contribution is 2.48. The monoisotopic (exact) mass is 306 g/mol. The molecule has 1 N–H and O–H groups in total. The Hall–Kier alpha value is -0.910. The van der Waals surface area contributed by atoms with E-state index in [0.717, 1.165) is 32.3 Å². The lowest BCUT2D eigenvalue weighted by atomic mass is 10.1. The molecule has 3 fully saturated rings. The third-order valence-electron chi connectivity index (χ3n) is 5.06. The number of thiophene rings is 1. The Kier molecular flexibility index (Phi) is 3.14. The van der Waals surface area contributed by atoms with E-state index in [9.17, 15) is 4.79 Å². The zero-order valence-corrected chi connectivity index (χ0v) is 13.4. The molecule has 21 heavy (non-hydrogen) atoms. The van der Waals surface area contributed by atoms with Gasteiger partial charge in [0.05, 0.1) is 12.1 Å². The van der Waals surface area contributed by atoms with Crippen LogP contribution >= 0.6 is 11.3 Å². The lowest BCUT2D eigenvalue weighted by Crippen LogP contribution is -2.45. The standard InChI is InChI=1S/C16H22N2O2S/c1-10-5-6-13(21-10)14-17-16(7-8-16)15(19)18(14)11(2)12-4-3-9-20-12/h5-6,11-12,14,17H,3-4,7-9H2,1-2H3. The van der Waals surface area contributed by atoms with Crippen molar-refractivity contribution >= 4 is 17.2 Å². The molecule has 4 nitrogen and oxygen atoms in total. The molecule has 1 aromatic rings. The van der Waals surface area contributed by atoms with Gasteiger partial charge in [-0.25, -0.2) is 0 Å². The molecule has 3 unspecified atom stereocenters. The second kappa shape index (κ2) is 4.80. The Morgan fingerprint density at radius 2 is 2.29 bits per heavy atom. The lowest BCUT2D eigenvalue weighted by molar-refractivity contribution is -0.135. The highest BCUT2D eigenvalue weighted by Gasteiger charge is 2.61. The minimum absolute atomic E-state index is 0.0258. The first-order chi connectivity index (χ1) is 10.1. The molecule has 114 valence electrons. The minimum atomic E-state index is -0.268. The van der Waals surface area contributed by atoms with Crippen molar-refractivity contribution in [2.75, 3.05) is 6.61 Å². The molecule has 3 atom stereocenters. The second-order valence-electron chi connectivity index (χ2n) is 6.58. The Morgan fingerprint density at radius 3 is 2.86 bits per heavy atom. The predicted octanol–water partition coefficient (Wildman–Crippen LogP) is 2.59. The van der Waals surface area contributed by atoms with Crippen LogP contribution in [0.3, 0.4) is 0 Å². The van der Waals surface area contributed by atoms with Crippen molar-refractivity contribution in [1.29, 1.82) is 0 Å². The first-order valence-electron chi connectivity index (χ1n) is 7.89. The summed E-state index contributed by atoms with van der Waals surface area (Å²) in [5, 5.41) is 3.61. The van der Waals surface area contributed by atoms with Gasteiger partial charge >= 0.3 is 0 Å². The van der Waals surface area contributed by atoms with Gasteiger partial charge in [0.15, 0.2) is 0 Å². The van der Waals surface area contributed by atoms with Crippen molar-refractivity contribution < 1.29 is 9.53 Å². The van der Waals surface area contributed by atoms with E-state index in [4.69, 9.17) is 4.74 Å². The maximum absolute atomic E-state index is 12.9. The van der Waals surface area contributed by atoms with E-state index in [1.165, 1.54) is 9.75 Å². The Labute approximate surface area is 129 Å². The molecule has 3 heterocycles. The number of aryl methyl sites for hydroxylation is 1. The molecule has 2 aliphatic heterocycles. The summed E-state index contributed by atoms with van der Waals surface area (Å²) in [5.74, 6) is 0.279. The molecule has 0 aromatic carbocycles. The average Bonchev–Trinajstić information content (AvgIpc) is 2.84. The van der Waals surface area contributed by atoms with Gasteiger partial charge in [0, 0.05) is 16.4 Å². The number of hydrogen-bond donors (Lipinski definition) is 1. The SMILES string of the molecule is Cc1ccc(C2NC3(CC3)C(=O)N2C(C)C2CCCO2)s1. The van der Waals surface area contributed by atoms with Gasteiger partial charge in [0.25, 0.3) is 0 Å². The number of hydrogen-bond acceptors (Lipinski definition) is 4. The predicted molar refractivity (Wildman–Crippen MR) is 82.2 cm³/mol. The maximum atomic E-state index is 12.9. The van der Waals surface area contributed by atoms with Crippen LogP contribution in [0.4, 0.5) is 0 Å². The highest BCUT2D eigenvalue weighted by molar-refractivity contribution is 7.12. The lowest BCUT2D eigenvalue weighted by Gasteiger charge is -2.33. The quantitative estimate of drug-likeness (QED) is 0.933. The van der Waals surface area contributed by atoms with Crippen LogP contribution in [0.25, 0.3) is 0 Å². The largest absolute Gasteiger partial charge is 0.376 e. The molecular formula is C16H22N2O2S. The van der Waals surface area contributed by atoms with Crippen molar-refractivity contribution in [2.45, 2.75) is 63.4 Å². The fraction of sp³-hybridized carbons (Fsp3) is 0.688. The molecule has 0 bridgehead atoms. The van der Waals surface area contributed by atoms with Gasteiger partial charge in [0.2, 0.25) is 5.91 Å². The molecule has 2 saturated heterocycles. The van der Waals surface area contributed by atoms with Crippen LogP contribution in [-0.2, 0) is 9.53 Å². The fourth-order valence-electron chi connectivity index (χ4n) is 3.63.